The Morgan fingerprint density at radius 1 is 1.50 bits per heavy atom. The summed E-state index contributed by atoms with van der Waals surface area (Å²) in [6.45, 7) is 2.43. The first-order chi connectivity index (χ1) is 7.70. The zero-order valence-electron chi connectivity index (χ0n) is 9.62. The molecule has 0 aromatic heterocycles. The van der Waals surface area contributed by atoms with Gasteiger partial charge < -0.3 is 15.2 Å². The first-order valence-corrected chi connectivity index (χ1v) is 5.23. The molecule has 16 heavy (non-hydrogen) atoms. The molecule has 0 spiro atoms. The van der Waals surface area contributed by atoms with E-state index in [-0.39, 0.29) is 12.5 Å². The number of rotatable bonds is 5. The molecule has 88 valence electrons. The molecule has 0 heterocycles. The van der Waals surface area contributed by atoms with Crippen molar-refractivity contribution in [1.82, 2.24) is 5.32 Å². The number of methoxy groups -OCH3 is 1. The number of aliphatic hydroxyl groups excluding tert-OH is 1. The van der Waals surface area contributed by atoms with Gasteiger partial charge in [-0.25, -0.2) is 0 Å². The number of carbonyl (C=O) groups is 1. The van der Waals surface area contributed by atoms with Crippen LogP contribution in [-0.2, 0) is 0 Å². The van der Waals surface area contributed by atoms with Crippen molar-refractivity contribution >= 4 is 5.91 Å². The third kappa shape index (κ3) is 2.97. The van der Waals surface area contributed by atoms with Crippen molar-refractivity contribution < 1.29 is 14.6 Å². The van der Waals surface area contributed by atoms with Gasteiger partial charge in [-0.3, -0.25) is 4.79 Å². The van der Waals surface area contributed by atoms with Gasteiger partial charge in [0.2, 0.25) is 0 Å². The number of benzene rings is 1. The van der Waals surface area contributed by atoms with Crippen molar-refractivity contribution in [2.24, 2.45) is 0 Å². The first-order valence-electron chi connectivity index (χ1n) is 5.23. The van der Waals surface area contributed by atoms with Crippen LogP contribution in [0.2, 0.25) is 0 Å². The van der Waals surface area contributed by atoms with Gasteiger partial charge in [0.25, 0.3) is 5.91 Å². The molecule has 0 aliphatic carbocycles. The summed E-state index contributed by atoms with van der Waals surface area (Å²) in [5.41, 5.74) is 1.46. The van der Waals surface area contributed by atoms with Crippen molar-refractivity contribution in [1.29, 1.82) is 0 Å². The lowest BCUT2D eigenvalue weighted by Gasteiger charge is -2.11. The highest BCUT2D eigenvalue weighted by Gasteiger charge is 2.12. The van der Waals surface area contributed by atoms with Gasteiger partial charge in [-0.15, -0.1) is 0 Å². The predicted octanol–water partition coefficient (Wildman–Crippen LogP) is 1.12. The fourth-order valence-electron chi connectivity index (χ4n) is 1.48. The Balaban J connectivity index is 2.78. The molecule has 4 nitrogen and oxygen atoms in total. The number of aliphatic hydroxyl groups is 1. The average molecular weight is 223 g/mol. The number of hydrogen-bond donors (Lipinski definition) is 2. The molecule has 0 aliphatic heterocycles. The largest absolute Gasteiger partial charge is 0.496 e. The molecule has 0 fully saturated rings. The molecular weight excluding hydrogens is 206 g/mol. The lowest BCUT2D eigenvalue weighted by Crippen LogP contribution is -2.25. The normalized spacial score (nSPS) is 9.94. The Labute approximate surface area is 95.2 Å². The summed E-state index contributed by atoms with van der Waals surface area (Å²) < 4.78 is 5.19. The highest BCUT2D eigenvalue weighted by atomic mass is 16.5. The van der Waals surface area contributed by atoms with Gasteiger partial charge >= 0.3 is 0 Å². The summed E-state index contributed by atoms with van der Waals surface area (Å²) in [4.78, 5) is 11.8. The van der Waals surface area contributed by atoms with Crippen molar-refractivity contribution in [2.45, 2.75) is 13.3 Å². The minimum atomic E-state index is -0.172. The predicted molar refractivity (Wildman–Crippen MR) is 61.8 cm³/mol. The fraction of sp³-hybridized carbons (Fsp3) is 0.417. The second-order valence-electron chi connectivity index (χ2n) is 3.49. The molecule has 0 bridgehead atoms. The van der Waals surface area contributed by atoms with E-state index >= 15 is 0 Å². The standard InChI is InChI=1S/C12H17NO3/c1-9-5-3-6-10(11(9)16-2)12(15)13-7-4-8-14/h3,5-6,14H,4,7-8H2,1-2H3,(H,13,15). The Morgan fingerprint density at radius 3 is 2.88 bits per heavy atom. The maximum atomic E-state index is 11.8. The highest BCUT2D eigenvalue weighted by molar-refractivity contribution is 5.97. The molecule has 0 saturated carbocycles. The average Bonchev–Trinajstić information content (AvgIpc) is 2.29. The number of ether oxygens (including phenoxy) is 1. The summed E-state index contributed by atoms with van der Waals surface area (Å²) in [5.74, 6) is 0.429. The minimum Gasteiger partial charge on any atom is -0.496 e. The van der Waals surface area contributed by atoms with Crippen molar-refractivity contribution in [3.05, 3.63) is 29.3 Å². The smallest absolute Gasteiger partial charge is 0.255 e. The molecule has 0 radical (unpaired) electrons. The first kappa shape index (κ1) is 12.5. The van der Waals surface area contributed by atoms with Crippen LogP contribution < -0.4 is 10.1 Å². The van der Waals surface area contributed by atoms with Crippen LogP contribution in [0.4, 0.5) is 0 Å². The Bertz CT molecular complexity index is 363. The van der Waals surface area contributed by atoms with Gasteiger partial charge in [0.15, 0.2) is 0 Å². The molecule has 4 heteroatoms. The third-order valence-electron chi connectivity index (χ3n) is 2.28. The van der Waals surface area contributed by atoms with Crippen LogP contribution in [0.15, 0.2) is 18.2 Å². The van der Waals surface area contributed by atoms with E-state index in [1.807, 2.05) is 19.1 Å². The van der Waals surface area contributed by atoms with Crippen molar-refractivity contribution in [2.75, 3.05) is 20.3 Å². The third-order valence-corrected chi connectivity index (χ3v) is 2.28. The fourth-order valence-corrected chi connectivity index (χ4v) is 1.48. The zero-order valence-corrected chi connectivity index (χ0v) is 9.62. The van der Waals surface area contributed by atoms with E-state index in [1.54, 1.807) is 13.2 Å². The van der Waals surface area contributed by atoms with Gasteiger partial charge in [0.05, 0.1) is 12.7 Å². The lowest BCUT2D eigenvalue weighted by molar-refractivity contribution is 0.0948. The van der Waals surface area contributed by atoms with Crippen molar-refractivity contribution in [3.8, 4) is 5.75 Å². The molecule has 0 aliphatic rings. The summed E-state index contributed by atoms with van der Waals surface area (Å²) in [5, 5.41) is 11.3. The summed E-state index contributed by atoms with van der Waals surface area (Å²) >= 11 is 0. The van der Waals surface area contributed by atoms with E-state index in [4.69, 9.17) is 9.84 Å². The number of nitrogens with one attached hydrogen (secondary N) is 1. The van der Waals surface area contributed by atoms with E-state index in [0.29, 0.717) is 24.3 Å². The molecule has 0 atom stereocenters. The van der Waals surface area contributed by atoms with Crippen LogP contribution in [0.5, 0.6) is 5.75 Å². The van der Waals surface area contributed by atoms with Crippen molar-refractivity contribution in [3.63, 3.8) is 0 Å². The zero-order chi connectivity index (χ0) is 12.0. The molecule has 1 amide bonds. The second kappa shape index (κ2) is 6.12. The van der Waals surface area contributed by atoms with Gasteiger partial charge in [0.1, 0.15) is 5.75 Å². The summed E-state index contributed by atoms with van der Waals surface area (Å²) in [6.07, 6.45) is 0.555. The van der Waals surface area contributed by atoms with E-state index in [9.17, 15) is 4.79 Å². The Kier molecular flexibility index (Phi) is 4.79. The van der Waals surface area contributed by atoms with E-state index in [2.05, 4.69) is 5.32 Å². The van der Waals surface area contributed by atoms with Crippen LogP contribution in [0, 0.1) is 6.92 Å². The number of para-hydroxylation sites is 1. The van der Waals surface area contributed by atoms with Gasteiger partial charge in [0, 0.05) is 13.2 Å². The highest BCUT2D eigenvalue weighted by Crippen LogP contribution is 2.22. The molecule has 0 unspecified atom stereocenters. The Hall–Kier alpha value is -1.55. The van der Waals surface area contributed by atoms with Gasteiger partial charge in [-0.1, -0.05) is 12.1 Å². The minimum absolute atomic E-state index is 0.0746. The quantitative estimate of drug-likeness (QED) is 0.735. The number of carbonyl (C=O) groups excluding carboxylic acids is 1. The monoisotopic (exact) mass is 223 g/mol. The SMILES string of the molecule is COc1c(C)cccc1C(=O)NCCCO. The van der Waals surface area contributed by atoms with Crippen LogP contribution in [0.1, 0.15) is 22.3 Å². The molecule has 1 aromatic rings. The summed E-state index contributed by atoms with van der Waals surface area (Å²) in [7, 11) is 1.55. The number of amides is 1. The number of aryl methyl sites for hydroxylation is 1. The maximum Gasteiger partial charge on any atom is 0.255 e. The second-order valence-corrected chi connectivity index (χ2v) is 3.49. The maximum absolute atomic E-state index is 11.8. The molecule has 1 rings (SSSR count). The van der Waals surface area contributed by atoms with E-state index < -0.39 is 0 Å². The molecule has 0 saturated heterocycles. The topological polar surface area (TPSA) is 58.6 Å². The van der Waals surface area contributed by atoms with Gasteiger partial charge in [-0.2, -0.15) is 0 Å². The molecular formula is C12H17NO3. The van der Waals surface area contributed by atoms with E-state index in [1.165, 1.54) is 0 Å². The molecule has 2 N–H and O–H groups in total. The van der Waals surface area contributed by atoms with Gasteiger partial charge in [-0.05, 0) is 25.0 Å². The molecule has 1 aromatic carbocycles. The Morgan fingerprint density at radius 2 is 2.25 bits per heavy atom. The van der Waals surface area contributed by atoms with Crippen LogP contribution in [0.25, 0.3) is 0 Å². The number of hydrogen-bond acceptors (Lipinski definition) is 3. The van der Waals surface area contributed by atoms with Crippen LogP contribution in [0.3, 0.4) is 0 Å². The van der Waals surface area contributed by atoms with Crippen LogP contribution in [-0.4, -0.2) is 31.3 Å². The van der Waals surface area contributed by atoms with Crippen LogP contribution >= 0.6 is 0 Å². The van der Waals surface area contributed by atoms with E-state index in [0.717, 1.165) is 5.56 Å². The summed E-state index contributed by atoms with van der Waals surface area (Å²) in [6, 6.07) is 5.43. The lowest BCUT2D eigenvalue weighted by atomic mass is 10.1.